The molecule has 26 heavy (non-hydrogen) atoms. The Labute approximate surface area is 158 Å². The van der Waals surface area contributed by atoms with E-state index in [9.17, 15) is 4.79 Å². The number of fused-ring (bicyclic) bond motifs is 1. The minimum absolute atomic E-state index is 0.0645. The lowest BCUT2D eigenvalue weighted by molar-refractivity contribution is -0.118. The molecule has 1 aliphatic rings. The van der Waals surface area contributed by atoms with Crippen molar-refractivity contribution in [1.82, 2.24) is 15.0 Å². The average molecular weight is 377 g/mol. The highest BCUT2D eigenvalue weighted by atomic mass is 32.1. The molecule has 0 fully saturated rings. The molecule has 0 saturated carbocycles. The van der Waals surface area contributed by atoms with Crippen LogP contribution < -0.4 is 0 Å². The molecule has 0 radical (unpaired) electrons. The molecule has 0 aliphatic heterocycles. The van der Waals surface area contributed by atoms with Crippen molar-refractivity contribution < 1.29 is 4.79 Å². The van der Waals surface area contributed by atoms with Gasteiger partial charge in [-0.3, -0.25) is 4.79 Å². The fourth-order valence-electron chi connectivity index (χ4n) is 3.64. The van der Waals surface area contributed by atoms with Crippen molar-refractivity contribution >= 4 is 45.1 Å². The van der Waals surface area contributed by atoms with E-state index in [1.54, 1.807) is 28.7 Å². The first-order valence-electron chi connectivity index (χ1n) is 8.43. The van der Waals surface area contributed by atoms with E-state index < -0.39 is 0 Å². The Morgan fingerprint density at radius 1 is 1.00 bits per heavy atom. The van der Waals surface area contributed by atoms with E-state index in [4.69, 9.17) is 0 Å². The third kappa shape index (κ3) is 2.53. The van der Waals surface area contributed by atoms with Crippen molar-refractivity contribution in [3.8, 4) is 0 Å². The number of para-hydroxylation sites is 1. The highest BCUT2D eigenvalue weighted by Gasteiger charge is 2.37. The lowest BCUT2D eigenvalue weighted by Gasteiger charge is -2.29. The molecule has 0 spiro atoms. The average Bonchev–Trinajstić information content (AvgIpc) is 3.41. The van der Waals surface area contributed by atoms with Gasteiger partial charge in [-0.1, -0.05) is 29.5 Å². The molecule has 6 heteroatoms. The standard InChI is InChI=1S/C20H15N3OS2/c24-17-12-13(18-7-3-9-25-18)11-14(19-8-4-10-26-19)20(17)23-16-6-2-1-5-15(16)21-22-23/h1-10,12,14,20H,11H2. The van der Waals surface area contributed by atoms with Crippen LogP contribution in [-0.2, 0) is 4.79 Å². The van der Waals surface area contributed by atoms with Gasteiger partial charge in [0, 0.05) is 15.7 Å². The third-order valence-corrected chi connectivity index (χ3v) is 6.77. The molecule has 0 amide bonds. The van der Waals surface area contributed by atoms with Crippen molar-refractivity contribution in [1.29, 1.82) is 0 Å². The Kier molecular flexibility index (Phi) is 3.80. The summed E-state index contributed by atoms with van der Waals surface area (Å²) in [6.07, 6.45) is 2.63. The second-order valence-corrected chi connectivity index (χ2v) is 8.27. The molecular weight excluding hydrogens is 362 g/mol. The monoisotopic (exact) mass is 377 g/mol. The predicted molar refractivity (Wildman–Crippen MR) is 106 cm³/mol. The normalized spacial score (nSPS) is 20.5. The molecule has 0 bridgehead atoms. The van der Waals surface area contributed by atoms with Gasteiger partial charge in [-0.05, 0) is 53.1 Å². The molecule has 2 atom stereocenters. The predicted octanol–water partition coefficient (Wildman–Crippen LogP) is 4.94. The molecule has 0 saturated heterocycles. The van der Waals surface area contributed by atoms with E-state index in [-0.39, 0.29) is 17.7 Å². The lowest BCUT2D eigenvalue weighted by Crippen LogP contribution is -2.29. The minimum Gasteiger partial charge on any atom is -0.292 e. The second kappa shape index (κ2) is 6.30. The number of carbonyl (C=O) groups is 1. The van der Waals surface area contributed by atoms with Gasteiger partial charge in [-0.15, -0.1) is 27.8 Å². The van der Waals surface area contributed by atoms with Crippen LogP contribution >= 0.6 is 22.7 Å². The van der Waals surface area contributed by atoms with Crippen LogP contribution in [0.25, 0.3) is 16.6 Å². The number of ketones is 1. The Hall–Kier alpha value is -2.57. The maximum Gasteiger partial charge on any atom is 0.181 e. The Morgan fingerprint density at radius 2 is 1.85 bits per heavy atom. The number of rotatable bonds is 3. The van der Waals surface area contributed by atoms with Gasteiger partial charge in [0.1, 0.15) is 11.6 Å². The van der Waals surface area contributed by atoms with Gasteiger partial charge in [0.05, 0.1) is 5.52 Å². The number of nitrogens with zero attached hydrogens (tertiary/aromatic N) is 3. The van der Waals surface area contributed by atoms with Gasteiger partial charge >= 0.3 is 0 Å². The molecule has 128 valence electrons. The molecule has 3 aromatic heterocycles. The highest BCUT2D eigenvalue weighted by molar-refractivity contribution is 7.11. The molecule has 1 aliphatic carbocycles. The van der Waals surface area contributed by atoms with Crippen LogP contribution in [0.5, 0.6) is 0 Å². The number of thiophene rings is 2. The number of hydrogen-bond donors (Lipinski definition) is 0. The van der Waals surface area contributed by atoms with Crippen LogP contribution in [0.1, 0.15) is 28.1 Å². The number of carbonyl (C=O) groups excluding carboxylic acids is 1. The number of allylic oxidation sites excluding steroid dienone is 2. The Morgan fingerprint density at radius 3 is 2.65 bits per heavy atom. The van der Waals surface area contributed by atoms with E-state index in [0.29, 0.717) is 0 Å². The van der Waals surface area contributed by atoms with Crippen LogP contribution in [0, 0.1) is 0 Å². The first-order chi connectivity index (χ1) is 12.8. The molecule has 0 N–H and O–H groups in total. The summed E-state index contributed by atoms with van der Waals surface area (Å²) in [6, 6.07) is 15.7. The second-order valence-electron chi connectivity index (χ2n) is 6.34. The smallest absolute Gasteiger partial charge is 0.181 e. The summed E-state index contributed by atoms with van der Waals surface area (Å²) in [5.41, 5.74) is 2.84. The number of aromatic nitrogens is 3. The van der Waals surface area contributed by atoms with Gasteiger partial charge in [0.2, 0.25) is 0 Å². The summed E-state index contributed by atoms with van der Waals surface area (Å²) in [6.45, 7) is 0. The highest BCUT2D eigenvalue weighted by Crippen LogP contribution is 2.44. The summed E-state index contributed by atoms with van der Waals surface area (Å²) < 4.78 is 1.81. The van der Waals surface area contributed by atoms with Crippen LogP contribution in [0.3, 0.4) is 0 Å². The first-order valence-corrected chi connectivity index (χ1v) is 10.2. The zero-order valence-corrected chi connectivity index (χ0v) is 15.4. The van der Waals surface area contributed by atoms with Gasteiger partial charge < -0.3 is 0 Å². The summed E-state index contributed by atoms with van der Waals surface area (Å²) in [7, 11) is 0. The maximum absolute atomic E-state index is 13.2. The SMILES string of the molecule is O=C1C=C(c2cccs2)CC(c2cccs2)C1n1nnc2ccccc21. The minimum atomic E-state index is -0.357. The quantitative estimate of drug-likeness (QED) is 0.508. The fourth-order valence-corrected chi connectivity index (χ4v) is 5.25. The van der Waals surface area contributed by atoms with Gasteiger partial charge in [-0.25, -0.2) is 4.68 Å². The number of benzene rings is 1. The van der Waals surface area contributed by atoms with E-state index in [2.05, 4.69) is 33.2 Å². The lowest BCUT2D eigenvalue weighted by atomic mass is 9.82. The summed E-state index contributed by atoms with van der Waals surface area (Å²) in [4.78, 5) is 15.6. The van der Waals surface area contributed by atoms with Gasteiger partial charge in [0.25, 0.3) is 0 Å². The maximum atomic E-state index is 13.2. The van der Waals surface area contributed by atoms with E-state index >= 15 is 0 Å². The summed E-state index contributed by atoms with van der Waals surface area (Å²) in [5.74, 6) is 0.156. The zero-order valence-electron chi connectivity index (χ0n) is 13.8. The van der Waals surface area contributed by atoms with Crippen molar-refractivity contribution in [3.63, 3.8) is 0 Å². The molecule has 4 aromatic rings. The molecule has 2 unspecified atom stereocenters. The Balaban J connectivity index is 1.66. The topological polar surface area (TPSA) is 47.8 Å². The molecule has 3 heterocycles. The molecule has 4 nitrogen and oxygen atoms in total. The van der Waals surface area contributed by atoms with Crippen LogP contribution in [-0.4, -0.2) is 20.8 Å². The Bertz CT molecular complexity index is 1090. The van der Waals surface area contributed by atoms with Crippen molar-refractivity contribution in [2.45, 2.75) is 18.4 Å². The van der Waals surface area contributed by atoms with Gasteiger partial charge in [0.15, 0.2) is 5.78 Å². The zero-order chi connectivity index (χ0) is 17.5. The van der Waals surface area contributed by atoms with Crippen molar-refractivity contribution in [2.24, 2.45) is 0 Å². The fraction of sp³-hybridized carbons (Fsp3) is 0.150. The van der Waals surface area contributed by atoms with Crippen LogP contribution in [0.15, 0.2) is 65.4 Å². The summed E-state index contributed by atoms with van der Waals surface area (Å²) in [5, 5.41) is 12.7. The molecular formula is C20H15N3OS2. The van der Waals surface area contributed by atoms with Crippen LogP contribution in [0.4, 0.5) is 0 Å². The number of hydrogen-bond acceptors (Lipinski definition) is 5. The van der Waals surface area contributed by atoms with Crippen molar-refractivity contribution in [3.05, 3.63) is 75.1 Å². The van der Waals surface area contributed by atoms with E-state index in [1.807, 2.05) is 41.1 Å². The van der Waals surface area contributed by atoms with E-state index in [1.165, 1.54) is 9.75 Å². The molecule has 1 aromatic carbocycles. The third-order valence-electron chi connectivity index (χ3n) is 4.82. The summed E-state index contributed by atoms with van der Waals surface area (Å²) >= 11 is 3.38. The van der Waals surface area contributed by atoms with Crippen LogP contribution in [0.2, 0.25) is 0 Å². The first kappa shape index (κ1) is 15.7. The largest absolute Gasteiger partial charge is 0.292 e. The van der Waals surface area contributed by atoms with Gasteiger partial charge in [-0.2, -0.15) is 0 Å². The van der Waals surface area contributed by atoms with E-state index in [0.717, 1.165) is 23.0 Å². The van der Waals surface area contributed by atoms with Crippen molar-refractivity contribution in [2.75, 3.05) is 0 Å². The molecule has 5 rings (SSSR count).